The number of carbonyl (C=O) groups is 1. The van der Waals surface area contributed by atoms with Gasteiger partial charge in [-0.05, 0) is 23.8 Å². The predicted molar refractivity (Wildman–Crippen MR) is 70.1 cm³/mol. The van der Waals surface area contributed by atoms with Gasteiger partial charge in [0.2, 0.25) is 0 Å². The van der Waals surface area contributed by atoms with Crippen LogP contribution in [-0.4, -0.2) is 6.03 Å². The number of urea groups is 1. The summed E-state index contributed by atoms with van der Waals surface area (Å²) in [4.78, 5) is 10.8. The molecule has 3 nitrogen and oxygen atoms in total. The van der Waals surface area contributed by atoms with Crippen LogP contribution < -0.4 is 11.1 Å². The highest BCUT2D eigenvalue weighted by Gasteiger charge is 2.05. The average molecular weight is 247 g/mol. The van der Waals surface area contributed by atoms with Gasteiger partial charge in [-0.1, -0.05) is 41.9 Å². The number of hydrogen-bond acceptors (Lipinski definition) is 1. The number of amides is 2. The molecule has 2 amide bonds. The lowest BCUT2D eigenvalue weighted by Crippen LogP contribution is -2.19. The number of nitrogens with two attached hydrogens (primary N) is 1. The first-order valence-electron chi connectivity index (χ1n) is 5.08. The third-order valence-corrected chi connectivity index (χ3v) is 2.65. The zero-order valence-electron chi connectivity index (χ0n) is 8.98. The van der Waals surface area contributed by atoms with Crippen LogP contribution in [0.3, 0.4) is 0 Å². The fourth-order valence-electron chi connectivity index (χ4n) is 1.58. The molecular formula is C13H11ClN2O. The van der Waals surface area contributed by atoms with E-state index in [1.165, 1.54) is 0 Å². The zero-order valence-corrected chi connectivity index (χ0v) is 9.74. The van der Waals surface area contributed by atoms with Crippen molar-refractivity contribution in [1.82, 2.24) is 0 Å². The van der Waals surface area contributed by atoms with E-state index in [0.29, 0.717) is 10.7 Å². The van der Waals surface area contributed by atoms with Gasteiger partial charge in [0.15, 0.2) is 0 Å². The van der Waals surface area contributed by atoms with Gasteiger partial charge in [-0.3, -0.25) is 0 Å². The standard InChI is InChI=1S/C13H11ClN2O/c14-12-7-6-10(16-13(15)17)8-11(12)9-4-2-1-3-5-9/h1-8H,(H3,15,16,17). The first-order valence-corrected chi connectivity index (χ1v) is 5.46. The van der Waals surface area contributed by atoms with Gasteiger partial charge in [0.25, 0.3) is 0 Å². The molecule has 2 aromatic rings. The van der Waals surface area contributed by atoms with Crippen molar-refractivity contribution in [1.29, 1.82) is 0 Å². The summed E-state index contributed by atoms with van der Waals surface area (Å²) in [6.07, 6.45) is 0. The molecule has 17 heavy (non-hydrogen) atoms. The van der Waals surface area contributed by atoms with Gasteiger partial charge in [0, 0.05) is 16.3 Å². The van der Waals surface area contributed by atoms with E-state index < -0.39 is 6.03 Å². The maximum atomic E-state index is 10.8. The van der Waals surface area contributed by atoms with Crippen LogP contribution in [0.2, 0.25) is 5.02 Å². The second-order valence-corrected chi connectivity index (χ2v) is 3.96. The molecule has 0 atom stereocenters. The molecule has 3 N–H and O–H groups in total. The van der Waals surface area contributed by atoms with E-state index >= 15 is 0 Å². The first kappa shape index (κ1) is 11.5. The Balaban J connectivity index is 2.43. The van der Waals surface area contributed by atoms with Crippen LogP contribution >= 0.6 is 11.6 Å². The lowest BCUT2D eigenvalue weighted by atomic mass is 10.1. The Morgan fingerprint density at radius 3 is 2.47 bits per heavy atom. The number of primary amides is 1. The molecule has 0 aromatic heterocycles. The van der Waals surface area contributed by atoms with E-state index in [1.807, 2.05) is 30.3 Å². The van der Waals surface area contributed by atoms with Crippen molar-refractivity contribution in [2.24, 2.45) is 5.73 Å². The average Bonchev–Trinajstić information content (AvgIpc) is 2.32. The molecule has 86 valence electrons. The van der Waals surface area contributed by atoms with E-state index in [1.54, 1.807) is 18.2 Å². The summed E-state index contributed by atoms with van der Waals surface area (Å²) >= 11 is 6.12. The van der Waals surface area contributed by atoms with E-state index in [4.69, 9.17) is 17.3 Å². The minimum Gasteiger partial charge on any atom is -0.351 e. The molecule has 0 radical (unpaired) electrons. The number of carbonyl (C=O) groups excluding carboxylic acids is 1. The second kappa shape index (κ2) is 4.89. The van der Waals surface area contributed by atoms with Crippen LogP contribution in [0.1, 0.15) is 0 Å². The highest BCUT2D eigenvalue weighted by Crippen LogP contribution is 2.30. The van der Waals surface area contributed by atoms with Crippen molar-refractivity contribution in [3.05, 3.63) is 53.6 Å². The maximum Gasteiger partial charge on any atom is 0.316 e. The van der Waals surface area contributed by atoms with Gasteiger partial charge >= 0.3 is 6.03 Å². The molecule has 0 aliphatic carbocycles. The van der Waals surface area contributed by atoms with Crippen molar-refractivity contribution in [3.8, 4) is 11.1 Å². The molecule has 0 aliphatic heterocycles. The Morgan fingerprint density at radius 2 is 1.82 bits per heavy atom. The number of halogens is 1. The minimum absolute atomic E-state index is 0.591. The van der Waals surface area contributed by atoms with Crippen LogP contribution in [0.5, 0.6) is 0 Å². The van der Waals surface area contributed by atoms with Crippen LogP contribution in [-0.2, 0) is 0 Å². The van der Waals surface area contributed by atoms with Gasteiger partial charge in [0.05, 0.1) is 0 Å². The van der Waals surface area contributed by atoms with Crippen LogP contribution in [0.15, 0.2) is 48.5 Å². The second-order valence-electron chi connectivity index (χ2n) is 3.55. The summed E-state index contributed by atoms with van der Waals surface area (Å²) in [7, 11) is 0. The molecule has 0 heterocycles. The smallest absolute Gasteiger partial charge is 0.316 e. The summed E-state index contributed by atoms with van der Waals surface area (Å²) in [5, 5.41) is 3.15. The molecule has 2 rings (SSSR count). The van der Waals surface area contributed by atoms with Crippen molar-refractivity contribution in [2.75, 3.05) is 5.32 Å². The molecule has 0 saturated carbocycles. The maximum absolute atomic E-state index is 10.8. The Labute approximate surface area is 104 Å². The van der Waals surface area contributed by atoms with Gasteiger partial charge in [-0.25, -0.2) is 4.79 Å². The lowest BCUT2D eigenvalue weighted by Gasteiger charge is -2.08. The molecular weight excluding hydrogens is 236 g/mol. The quantitative estimate of drug-likeness (QED) is 0.837. The normalized spacial score (nSPS) is 9.94. The lowest BCUT2D eigenvalue weighted by molar-refractivity contribution is 0.259. The molecule has 0 unspecified atom stereocenters. The number of rotatable bonds is 2. The molecule has 0 spiro atoms. The Hall–Kier alpha value is -2.00. The Bertz CT molecular complexity index is 540. The van der Waals surface area contributed by atoms with Crippen molar-refractivity contribution >= 4 is 23.3 Å². The minimum atomic E-state index is -0.591. The fraction of sp³-hybridized carbons (Fsp3) is 0. The van der Waals surface area contributed by atoms with Crippen molar-refractivity contribution in [3.63, 3.8) is 0 Å². The summed E-state index contributed by atoms with van der Waals surface area (Å²) in [5.41, 5.74) is 7.55. The Morgan fingerprint density at radius 1 is 1.12 bits per heavy atom. The van der Waals surface area contributed by atoms with Crippen LogP contribution in [0.4, 0.5) is 10.5 Å². The summed E-state index contributed by atoms with van der Waals surface area (Å²) in [6, 6.07) is 14.3. The Kier molecular flexibility index (Phi) is 3.30. The van der Waals surface area contributed by atoms with Gasteiger partial charge in [-0.15, -0.1) is 0 Å². The van der Waals surface area contributed by atoms with Gasteiger partial charge < -0.3 is 11.1 Å². The first-order chi connectivity index (χ1) is 8.16. The van der Waals surface area contributed by atoms with Crippen LogP contribution in [0.25, 0.3) is 11.1 Å². The SMILES string of the molecule is NC(=O)Nc1ccc(Cl)c(-c2ccccc2)c1. The highest BCUT2D eigenvalue weighted by molar-refractivity contribution is 6.33. The highest BCUT2D eigenvalue weighted by atomic mass is 35.5. The third-order valence-electron chi connectivity index (χ3n) is 2.32. The largest absolute Gasteiger partial charge is 0.351 e. The van der Waals surface area contributed by atoms with E-state index in [2.05, 4.69) is 5.32 Å². The van der Waals surface area contributed by atoms with Crippen LogP contribution in [0, 0.1) is 0 Å². The van der Waals surface area contributed by atoms with Crippen molar-refractivity contribution < 1.29 is 4.79 Å². The van der Waals surface area contributed by atoms with E-state index in [-0.39, 0.29) is 0 Å². The molecule has 0 aliphatic rings. The van der Waals surface area contributed by atoms with E-state index in [9.17, 15) is 4.79 Å². The fourth-order valence-corrected chi connectivity index (χ4v) is 1.81. The zero-order chi connectivity index (χ0) is 12.3. The molecule has 4 heteroatoms. The van der Waals surface area contributed by atoms with Gasteiger partial charge in [0.1, 0.15) is 0 Å². The molecule has 0 bridgehead atoms. The van der Waals surface area contributed by atoms with Gasteiger partial charge in [-0.2, -0.15) is 0 Å². The van der Waals surface area contributed by atoms with E-state index in [0.717, 1.165) is 11.1 Å². The third kappa shape index (κ3) is 2.77. The van der Waals surface area contributed by atoms with Crippen molar-refractivity contribution in [2.45, 2.75) is 0 Å². The number of nitrogens with one attached hydrogen (secondary N) is 1. The topological polar surface area (TPSA) is 55.1 Å². The number of anilines is 1. The number of hydrogen-bond donors (Lipinski definition) is 2. The molecule has 0 saturated heterocycles. The molecule has 0 fully saturated rings. The summed E-state index contributed by atoms with van der Waals surface area (Å²) in [6.45, 7) is 0. The molecule has 2 aromatic carbocycles. The predicted octanol–water partition coefficient (Wildman–Crippen LogP) is 3.50. The number of benzene rings is 2. The monoisotopic (exact) mass is 246 g/mol. The summed E-state index contributed by atoms with van der Waals surface area (Å²) < 4.78 is 0. The summed E-state index contributed by atoms with van der Waals surface area (Å²) in [5.74, 6) is 0.